The predicted octanol–water partition coefficient (Wildman–Crippen LogP) is 2.74. The number of hydrogen-bond acceptors (Lipinski definition) is 1. The fraction of sp³-hybridized carbons (Fsp3) is 0.667. The summed E-state index contributed by atoms with van der Waals surface area (Å²) in [5.74, 6) is 0. The maximum atomic E-state index is 5.77. The van der Waals surface area contributed by atoms with Crippen LogP contribution in [0.3, 0.4) is 0 Å². The molecule has 0 aromatic carbocycles. The first-order chi connectivity index (χ1) is 2.94. The third-order valence-corrected chi connectivity index (χ3v) is 1.34. The first kappa shape index (κ1) is 10.9. The van der Waals surface area contributed by atoms with E-state index in [-0.39, 0.29) is 11.0 Å². The number of halogens is 1. The van der Waals surface area contributed by atoms with E-state index in [4.69, 9.17) is 11.6 Å². The van der Waals surface area contributed by atoms with Crippen molar-refractivity contribution >= 4 is 11.6 Å². The highest BCUT2D eigenvalue weighted by Crippen LogP contribution is 2.20. The van der Waals surface area contributed by atoms with Gasteiger partial charge in [0.05, 0.1) is 4.87 Å². The lowest BCUT2D eigenvalue weighted by atomic mass is 10.1. The summed E-state index contributed by atoms with van der Waals surface area (Å²) >= 11 is 5.77. The number of rotatable bonds is 1. The van der Waals surface area contributed by atoms with E-state index >= 15 is 0 Å². The monoisotopic (exact) mass is 135 g/mol. The Morgan fingerprint density at radius 1 is 1.50 bits per heavy atom. The van der Waals surface area contributed by atoms with Crippen molar-refractivity contribution in [2.45, 2.75) is 25.6 Å². The maximum absolute atomic E-state index is 5.77. The summed E-state index contributed by atoms with van der Waals surface area (Å²) in [4.78, 5) is -0.222. The number of hydrogen-bond donors (Lipinski definition) is 1. The van der Waals surface area contributed by atoms with Crippen molar-refractivity contribution in [3.8, 4) is 0 Å². The lowest BCUT2D eigenvalue weighted by Crippen LogP contribution is -2.09. The van der Waals surface area contributed by atoms with E-state index in [1.807, 2.05) is 20.8 Å². The summed E-state index contributed by atoms with van der Waals surface area (Å²) in [6.07, 6.45) is 0. The Balaban J connectivity index is 0. The molecule has 0 heterocycles. The van der Waals surface area contributed by atoms with Crippen molar-refractivity contribution in [2.75, 3.05) is 0 Å². The van der Waals surface area contributed by atoms with Gasteiger partial charge in [-0.1, -0.05) is 12.2 Å². The summed E-state index contributed by atoms with van der Waals surface area (Å²) in [7, 11) is 0. The molecular weight excluding hydrogens is 122 g/mol. The molecule has 0 aromatic heterocycles. The largest absolute Gasteiger partial charge is 0.344 e. The lowest BCUT2D eigenvalue weighted by Gasteiger charge is -2.13. The standard InChI is InChI=1S/C6H11Cl.H3N/c1-5(2)6(3,4)7;/h1H2,2-4H3;1H3. The average Bonchev–Trinajstić information content (AvgIpc) is 1.31. The Labute approximate surface area is 56.3 Å². The van der Waals surface area contributed by atoms with Crippen LogP contribution in [0.5, 0.6) is 0 Å². The van der Waals surface area contributed by atoms with Crippen molar-refractivity contribution in [1.29, 1.82) is 0 Å². The average molecular weight is 136 g/mol. The minimum atomic E-state index is -0.222. The van der Waals surface area contributed by atoms with Crippen LogP contribution in [-0.2, 0) is 0 Å². The molecule has 0 atom stereocenters. The summed E-state index contributed by atoms with van der Waals surface area (Å²) < 4.78 is 0. The van der Waals surface area contributed by atoms with Crippen LogP contribution >= 0.6 is 11.6 Å². The highest BCUT2D eigenvalue weighted by Gasteiger charge is 2.11. The quantitative estimate of drug-likeness (QED) is 0.436. The summed E-state index contributed by atoms with van der Waals surface area (Å²) in [6.45, 7) is 9.47. The van der Waals surface area contributed by atoms with Crippen molar-refractivity contribution in [3.05, 3.63) is 12.2 Å². The molecule has 2 heteroatoms. The fourth-order valence-electron chi connectivity index (χ4n) is 0. The second-order valence-corrected chi connectivity index (χ2v) is 3.20. The van der Waals surface area contributed by atoms with Crippen molar-refractivity contribution in [1.82, 2.24) is 6.15 Å². The van der Waals surface area contributed by atoms with Crippen LogP contribution in [0, 0.1) is 0 Å². The van der Waals surface area contributed by atoms with Gasteiger partial charge in [-0.25, -0.2) is 0 Å². The van der Waals surface area contributed by atoms with Crippen LogP contribution < -0.4 is 6.15 Å². The molecule has 0 unspecified atom stereocenters. The molecule has 0 aliphatic carbocycles. The van der Waals surface area contributed by atoms with E-state index in [2.05, 4.69) is 6.58 Å². The van der Waals surface area contributed by atoms with E-state index in [0.29, 0.717) is 0 Å². The van der Waals surface area contributed by atoms with Crippen LogP contribution in [0.25, 0.3) is 0 Å². The second kappa shape index (κ2) is 3.10. The van der Waals surface area contributed by atoms with Crippen LogP contribution in [0.15, 0.2) is 12.2 Å². The Morgan fingerprint density at radius 2 is 1.62 bits per heavy atom. The minimum Gasteiger partial charge on any atom is -0.344 e. The third-order valence-electron chi connectivity index (χ3n) is 1.01. The van der Waals surface area contributed by atoms with Gasteiger partial charge in [0.15, 0.2) is 0 Å². The second-order valence-electron chi connectivity index (χ2n) is 2.25. The van der Waals surface area contributed by atoms with Crippen LogP contribution in [0.1, 0.15) is 20.8 Å². The minimum absolute atomic E-state index is 0. The van der Waals surface area contributed by atoms with Gasteiger partial charge in [0.1, 0.15) is 0 Å². The van der Waals surface area contributed by atoms with Gasteiger partial charge in [0.2, 0.25) is 0 Å². The Hall–Kier alpha value is -0.0100. The molecule has 0 spiro atoms. The van der Waals surface area contributed by atoms with Gasteiger partial charge in [-0.15, -0.1) is 11.6 Å². The smallest absolute Gasteiger partial charge is 0.0593 e. The molecular formula is C6H14ClN. The molecule has 8 heavy (non-hydrogen) atoms. The van der Waals surface area contributed by atoms with Crippen molar-refractivity contribution in [2.24, 2.45) is 0 Å². The summed E-state index contributed by atoms with van der Waals surface area (Å²) in [6, 6.07) is 0. The van der Waals surface area contributed by atoms with E-state index in [9.17, 15) is 0 Å². The Bertz CT molecular complexity index is 81.0. The molecule has 1 nitrogen and oxygen atoms in total. The highest BCUT2D eigenvalue weighted by atomic mass is 35.5. The van der Waals surface area contributed by atoms with E-state index in [0.717, 1.165) is 5.57 Å². The van der Waals surface area contributed by atoms with Gasteiger partial charge < -0.3 is 6.15 Å². The Morgan fingerprint density at radius 3 is 1.62 bits per heavy atom. The van der Waals surface area contributed by atoms with Gasteiger partial charge in [-0.05, 0) is 20.8 Å². The van der Waals surface area contributed by atoms with Crippen LogP contribution in [-0.4, -0.2) is 4.87 Å². The zero-order valence-corrected chi connectivity index (χ0v) is 6.55. The van der Waals surface area contributed by atoms with E-state index in [1.54, 1.807) is 0 Å². The molecule has 0 fully saturated rings. The molecule has 0 aliphatic heterocycles. The van der Waals surface area contributed by atoms with Gasteiger partial charge >= 0.3 is 0 Å². The topological polar surface area (TPSA) is 35.0 Å². The third kappa shape index (κ3) is 4.16. The van der Waals surface area contributed by atoms with Crippen molar-refractivity contribution < 1.29 is 0 Å². The van der Waals surface area contributed by atoms with E-state index < -0.39 is 0 Å². The molecule has 0 amide bonds. The zero-order chi connectivity index (χ0) is 6.08. The van der Waals surface area contributed by atoms with Crippen molar-refractivity contribution in [3.63, 3.8) is 0 Å². The molecule has 0 bridgehead atoms. The molecule has 50 valence electrons. The fourth-order valence-corrected chi connectivity index (χ4v) is 0. The molecule has 0 saturated heterocycles. The molecule has 0 rings (SSSR count). The van der Waals surface area contributed by atoms with Gasteiger partial charge in [-0.3, -0.25) is 0 Å². The molecule has 0 aromatic rings. The first-order valence-electron chi connectivity index (χ1n) is 2.29. The number of allylic oxidation sites excluding steroid dienone is 1. The molecule has 0 aliphatic rings. The normalized spacial score (nSPS) is 10.0. The molecule has 0 saturated carbocycles. The van der Waals surface area contributed by atoms with E-state index in [1.165, 1.54) is 0 Å². The van der Waals surface area contributed by atoms with Crippen LogP contribution in [0.4, 0.5) is 0 Å². The van der Waals surface area contributed by atoms with Gasteiger partial charge in [0, 0.05) is 0 Å². The van der Waals surface area contributed by atoms with Gasteiger partial charge in [-0.2, -0.15) is 0 Å². The maximum Gasteiger partial charge on any atom is 0.0593 e. The predicted molar refractivity (Wildman–Crippen MR) is 39.8 cm³/mol. The lowest BCUT2D eigenvalue weighted by molar-refractivity contribution is 0.822. The van der Waals surface area contributed by atoms with Crippen LogP contribution in [0.2, 0.25) is 0 Å². The first-order valence-corrected chi connectivity index (χ1v) is 2.67. The molecule has 3 N–H and O–H groups in total. The highest BCUT2D eigenvalue weighted by molar-refractivity contribution is 6.25. The number of alkyl halides is 1. The zero-order valence-electron chi connectivity index (χ0n) is 5.79. The SMILES string of the molecule is C=C(C)C(C)(C)Cl.N. The summed E-state index contributed by atoms with van der Waals surface area (Å²) in [5.41, 5.74) is 1.01. The summed E-state index contributed by atoms with van der Waals surface area (Å²) in [5, 5.41) is 0. The Kier molecular flexibility index (Phi) is 4.22. The van der Waals surface area contributed by atoms with Gasteiger partial charge in [0.25, 0.3) is 0 Å². The molecule has 0 radical (unpaired) electrons.